The molecule has 0 radical (unpaired) electrons. The molecule has 4 rings (SSSR count). The van der Waals surface area contributed by atoms with Crippen LogP contribution in [0.25, 0.3) is 23.2 Å². The van der Waals surface area contributed by atoms with Crippen molar-refractivity contribution in [2.24, 2.45) is 0 Å². The number of halogens is 3. The van der Waals surface area contributed by atoms with Gasteiger partial charge in [-0.05, 0) is 55.4 Å². The van der Waals surface area contributed by atoms with Gasteiger partial charge >= 0.3 is 6.18 Å². The molecule has 0 aliphatic carbocycles. The first-order valence-electron chi connectivity index (χ1n) is 8.99. The Balaban J connectivity index is 1.75. The summed E-state index contributed by atoms with van der Waals surface area (Å²) in [7, 11) is 2.12. The molecule has 2 nitrogen and oxygen atoms in total. The topological polar surface area (TPSA) is 8.17 Å². The first kappa shape index (κ1) is 17.9. The van der Waals surface area contributed by atoms with Gasteiger partial charge in [0.15, 0.2) is 0 Å². The van der Waals surface area contributed by atoms with Crippen molar-refractivity contribution >= 4 is 23.2 Å². The van der Waals surface area contributed by atoms with E-state index in [9.17, 15) is 13.2 Å². The Morgan fingerprint density at radius 3 is 2.48 bits per heavy atom. The monoisotopic (exact) mass is 370 g/mol. The molecule has 0 fully saturated rings. The molecule has 0 unspecified atom stereocenters. The zero-order valence-corrected chi connectivity index (χ0v) is 15.3. The molecule has 0 spiro atoms. The number of hydrogen-bond acceptors (Lipinski definition) is 1. The van der Waals surface area contributed by atoms with Gasteiger partial charge in [0.1, 0.15) is 0 Å². The Morgan fingerprint density at radius 2 is 1.78 bits per heavy atom. The van der Waals surface area contributed by atoms with Crippen LogP contribution in [-0.4, -0.2) is 23.1 Å². The van der Waals surface area contributed by atoms with Crippen molar-refractivity contribution in [1.82, 2.24) is 9.47 Å². The van der Waals surface area contributed by atoms with Crippen molar-refractivity contribution in [3.8, 4) is 0 Å². The molecule has 27 heavy (non-hydrogen) atoms. The quantitative estimate of drug-likeness (QED) is 0.571. The molecule has 0 amide bonds. The van der Waals surface area contributed by atoms with Crippen LogP contribution >= 0.6 is 0 Å². The second-order valence-corrected chi connectivity index (χ2v) is 7.24. The molecule has 2 heterocycles. The lowest BCUT2D eigenvalue weighted by molar-refractivity contribution is -0.137. The zero-order chi connectivity index (χ0) is 19.2. The second kappa shape index (κ2) is 6.57. The first-order valence-corrected chi connectivity index (χ1v) is 8.99. The van der Waals surface area contributed by atoms with E-state index < -0.39 is 11.7 Å². The van der Waals surface area contributed by atoms with Gasteiger partial charge in [-0.3, -0.25) is 0 Å². The summed E-state index contributed by atoms with van der Waals surface area (Å²) >= 11 is 0. The highest BCUT2D eigenvalue weighted by Gasteiger charge is 2.29. The lowest BCUT2D eigenvalue weighted by Crippen LogP contribution is -2.26. The zero-order valence-electron chi connectivity index (χ0n) is 15.3. The Hall–Kier alpha value is -2.53. The summed E-state index contributed by atoms with van der Waals surface area (Å²) in [6.07, 6.45) is 0.501. The fourth-order valence-electron chi connectivity index (χ4n) is 3.76. The molecule has 0 atom stereocenters. The van der Waals surface area contributed by atoms with Gasteiger partial charge in [-0.15, -0.1) is 0 Å². The highest BCUT2D eigenvalue weighted by atomic mass is 19.4. The van der Waals surface area contributed by atoms with Crippen molar-refractivity contribution in [2.45, 2.75) is 26.1 Å². The van der Waals surface area contributed by atoms with E-state index in [1.807, 2.05) is 12.3 Å². The smallest absolute Gasteiger partial charge is 0.320 e. The van der Waals surface area contributed by atoms with E-state index in [-0.39, 0.29) is 0 Å². The normalized spacial score (nSPS) is 15.6. The molecule has 0 saturated carbocycles. The minimum atomic E-state index is -4.30. The second-order valence-electron chi connectivity index (χ2n) is 7.24. The Labute approximate surface area is 156 Å². The third-order valence-electron chi connectivity index (χ3n) is 5.19. The third kappa shape index (κ3) is 3.39. The fourth-order valence-corrected chi connectivity index (χ4v) is 3.76. The van der Waals surface area contributed by atoms with Crippen LogP contribution in [0.5, 0.6) is 0 Å². The summed E-state index contributed by atoms with van der Waals surface area (Å²) < 4.78 is 40.4. The molecule has 3 aromatic rings. The average molecular weight is 370 g/mol. The lowest BCUT2D eigenvalue weighted by Gasteiger charge is -2.23. The molecule has 5 heteroatoms. The number of fused-ring (bicyclic) bond motifs is 3. The minimum absolute atomic E-state index is 0.623. The molecule has 1 aliphatic rings. The van der Waals surface area contributed by atoms with E-state index in [4.69, 9.17) is 0 Å². The molecule has 1 aromatic heterocycles. The van der Waals surface area contributed by atoms with Gasteiger partial charge in [-0.2, -0.15) is 13.2 Å². The van der Waals surface area contributed by atoms with Crippen LogP contribution in [0.15, 0.2) is 42.5 Å². The molecular weight excluding hydrogens is 349 g/mol. The summed E-state index contributed by atoms with van der Waals surface area (Å²) in [5.74, 6) is 0. The Kier molecular flexibility index (Phi) is 4.35. The van der Waals surface area contributed by atoms with E-state index in [0.717, 1.165) is 42.7 Å². The van der Waals surface area contributed by atoms with Gasteiger partial charge in [0.2, 0.25) is 0 Å². The van der Waals surface area contributed by atoms with Gasteiger partial charge in [0, 0.05) is 36.8 Å². The van der Waals surface area contributed by atoms with Crippen LogP contribution in [0.4, 0.5) is 13.2 Å². The first-order chi connectivity index (χ1) is 12.8. The average Bonchev–Trinajstić information content (AvgIpc) is 2.92. The summed E-state index contributed by atoms with van der Waals surface area (Å²) in [6, 6.07) is 11.7. The minimum Gasteiger partial charge on any atom is -0.320 e. The molecule has 0 saturated heterocycles. The number of aromatic nitrogens is 1. The number of alkyl halides is 3. The summed E-state index contributed by atoms with van der Waals surface area (Å²) in [6.45, 7) is 4.00. The lowest BCUT2D eigenvalue weighted by atomic mass is 10.0. The van der Waals surface area contributed by atoms with Gasteiger partial charge in [-0.25, -0.2) is 0 Å². The van der Waals surface area contributed by atoms with Gasteiger partial charge in [0.05, 0.1) is 11.1 Å². The summed E-state index contributed by atoms with van der Waals surface area (Å²) in [5, 5.41) is 1.26. The highest BCUT2D eigenvalue weighted by Crippen LogP contribution is 2.32. The van der Waals surface area contributed by atoms with Crippen molar-refractivity contribution in [1.29, 1.82) is 0 Å². The van der Waals surface area contributed by atoms with Crippen LogP contribution in [0.2, 0.25) is 0 Å². The summed E-state index contributed by atoms with van der Waals surface area (Å²) in [4.78, 5) is 2.31. The van der Waals surface area contributed by atoms with Crippen LogP contribution < -0.4 is 0 Å². The third-order valence-corrected chi connectivity index (χ3v) is 5.19. The number of benzene rings is 2. The van der Waals surface area contributed by atoms with Crippen LogP contribution in [0.3, 0.4) is 0 Å². The van der Waals surface area contributed by atoms with Crippen molar-refractivity contribution < 1.29 is 13.2 Å². The Morgan fingerprint density at radius 1 is 1.04 bits per heavy atom. The van der Waals surface area contributed by atoms with E-state index >= 15 is 0 Å². The molecule has 1 aliphatic heterocycles. The maximum atomic E-state index is 12.7. The highest BCUT2D eigenvalue weighted by molar-refractivity contribution is 5.89. The van der Waals surface area contributed by atoms with Crippen LogP contribution in [0.1, 0.15) is 27.9 Å². The van der Waals surface area contributed by atoms with Crippen molar-refractivity contribution in [3.63, 3.8) is 0 Å². The van der Waals surface area contributed by atoms with E-state index in [1.165, 1.54) is 34.3 Å². The largest absolute Gasteiger partial charge is 0.416 e. The number of rotatable bonds is 2. The number of nitrogens with zero attached hydrogens (tertiary/aromatic N) is 2. The molecule has 140 valence electrons. The predicted octanol–water partition coefficient (Wildman–Crippen LogP) is 5.58. The van der Waals surface area contributed by atoms with Crippen molar-refractivity contribution in [3.05, 3.63) is 70.4 Å². The van der Waals surface area contributed by atoms with E-state index in [0.29, 0.717) is 0 Å². The number of likely N-dealkylation sites (N-methyl/N-ethyl adjacent to an activating group) is 1. The van der Waals surface area contributed by atoms with E-state index in [1.54, 1.807) is 0 Å². The van der Waals surface area contributed by atoms with Gasteiger partial charge in [0.25, 0.3) is 0 Å². The van der Waals surface area contributed by atoms with Crippen molar-refractivity contribution in [2.75, 3.05) is 13.6 Å². The molecule has 2 aromatic carbocycles. The molecule has 0 N–H and O–H groups in total. The standard InChI is InChI=1S/C22H21F3N2/c1-15-3-8-20-18(13-15)19-14-26(2)11-10-21(19)27(20)12-9-16-4-6-17(7-5-16)22(23,24)25/h3-9,12-13H,10-11,14H2,1-2H3/b12-9-. The fraction of sp³-hybridized carbons (Fsp3) is 0.273. The van der Waals surface area contributed by atoms with Crippen LogP contribution in [0, 0.1) is 6.92 Å². The predicted molar refractivity (Wildman–Crippen MR) is 103 cm³/mol. The van der Waals surface area contributed by atoms with E-state index in [2.05, 4.69) is 41.6 Å². The van der Waals surface area contributed by atoms with Crippen LogP contribution in [-0.2, 0) is 19.1 Å². The maximum absolute atomic E-state index is 12.7. The summed E-state index contributed by atoms with van der Waals surface area (Å²) in [5.41, 5.74) is 5.13. The SMILES string of the molecule is Cc1ccc2c(c1)c1c(n2/C=C\c2ccc(C(F)(F)F)cc2)CCN(C)C1. The van der Waals surface area contributed by atoms with Gasteiger partial charge in [-0.1, -0.05) is 23.8 Å². The number of hydrogen-bond donors (Lipinski definition) is 0. The maximum Gasteiger partial charge on any atom is 0.416 e. The van der Waals surface area contributed by atoms with Gasteiger partial charge < -0.3 is 9.47 Å². The molecular formula is C22H21F3N2. The number of aryl methyl sites for hydroxylation is 1. The Bertz CT molecular complexity index is 1010. The molecule has 0 bridgehead atoms.